The average molecular weight is 313 g/mol. The number of hydrogen-bond acceptors (Lipinski definition) is 3. The molecule has 0 aliphatic rings. The van der Waals surface area contributed by atoms with Crippen LogP contribution in [0.2, 0.25) is 0 Å². The van der Waals surface area contributed by atoms with Gasteiger partial charge in [0.25, 0.3) is 0 Å². The van der Waals surface area contributed by atoms with Crippen molar-refractivity contribution in [3.8, 4) is 17.6 Å². The lowest BCUT2D eigenvalue weighted by Gasteiger charge is -2.15. The van der Waals surface area contributed by atoms with Gasteiger partial charge in [0.1, 0.15) is 5.75 Å². The van der Waals surface area contributed by atoms with Gasteiger partial charge in [0, 0.05) is 12.0 Å². The Hall–Kier alpha value is -2.54. The Bertz CT molecular complexity index is 694. The zero-order chi connectivity index (χ0) is 16.7. The predicted octanol–water partition coefficient (Wildman–Crippen LogP) is 4.47. The van der Waals surface area contributed by atoms with Gasteiger partial charge in [0.05, 0.1) is 25.7 Å². The van der Waals surface area contributed by atoms with E-state index in [1.54, 1.807) is 25.3 Å². The van der Waals surface area contributed by atoms with Gasteiger partial charge in [-0.2, -0.15) is 5.26 Å². The van der Waals surface area contributed by atoms with Crippen LogP contribution in [-0.4, -0.2) is 13.7 Å². The summed E-state index contributed by atoms with van der Waals surface area (Å²) in [6.07, 6.45) is 1.36. The van der Waals surface area contributed by atoms with Crippen molar-refractivity contribution in [1.82, 2.24) is 0 Å². The summed E-state index contributed by atoms with van der Waals surface area (Å²) in [7, 11) is 1.59. The number of nitriles is 1. The number of methoxy groups -OCH3 is 1. The quantitative estimate of drug-likeness (QED) is 0.757. The Labute approximate surface area is 136 Å². The van der Waals surface area contributed by atoms with Crippen molar-refractivity contribution in [1.29, 1.82) is 5.26 Å². The van der Waals surface area contributed by atoms with Crippen LogP contribution in [-0.2, 0) is 6.42 Å². The van der Waals surface area contributed by atoms with E-state index in [1.165, 1.54) is 6.07 Å². The second-order valence-electron chi connectivity index (χ2n) is 5.18. The highest BCUT2D eigenvalue weighted by Gasteiger charge is 2.17. The maximum absolute atomic E-state index is 13.5. The number of benzene rings is 2. The summed E-state index contributed by atoms with van der Waals surface area (Å²) in [4.78, 5) is 0. The van der Waals surface area contributed by atoms with Crippen LogP contribution in [0, 0.1) is 17.1 Å². The van der Waals surface area contributed by atoms with Gasteiger partial charge in [-0.25, -0.2) is 4.39 Å². The van der Waals surface area contributed by atoms with Gasteiger partial charge in [-0.15, -0.1) is 0 Å². The molecule has 4 heteroatoms. The fraction of sp³-hybridized carbons (Fsp3) is 0.316. The second-order valence-corrected chi connectivity index (χ2v) is 5.18. The molecule has 120 valence electrons. The Morgan fingerprint density at radius 2 is 1.96 bits per heavy atom. The molecule has 0 N–H and O–H groups in total. The fourth-order valence-electron chi connectivity index (χ4n) is 2.41. The molecule has 0 fully saturated rings. The van der Waals surface area contributed by atoms with Gasteiger partial charge < -0.3 is 9.47 Å². The molecule has 3 nitrogen and oxygen atoms in total. The van der Waals surface area contributed by atoms with Crippen LogP contribution in [0.4, 0.5) is 4.39 Å². The monoisotopic (exact) mass is 313 g/mol. The molecule has 0 aliphatic carbocycles. The molecule has 0 bridgehead atoms. The first kappa shape index (κ1) is 16.8. The first-order chi connectivity index (χ1) is 11.2. The summed E-state index contributed by atoms with van der Waals surface area (Å²) in [5, 5.41) is 9.48. The molecule has 0 saturated carbocycles. The van der Waals surface area contributed by atoms with Gasteiger partial charge in [-0.05, 0) is 30.2 Å². The maximum Gasteiger partial charge on any atom is 0.165 e. The Morgan fingerprint density at radius 1 is 1.17 bits per heavy atom. The third kappa shape index (κ3) is 4.23. The van der Waals surface area contributed by atoms with Crippen molar-refractivity contribution in [3.63, 3.8) is 0 Å². The molecule has 0 aliphatic heterocycles. The smallest absolute Gasteiger partial charge is 0.165 e. The van der Waals surface area contributed by atoms with Gasteiger partial charge in [0.2, 0.25) is 0 Å². The zero-order valence-corrected chi connectivity index (χ0v) is 13.4. The number of halogens is 1. The van der Waals surface area contributed by atoms with Crippen molar-refractivity contribution in [3.05, 3.63) is 59.4 Å². The molecular weight excluding hydrogens is 293 g/mol. The highest BCUT2D eigenvalue weighted by Crippen LogP contribution is 2.30. The minimum atomic E-state index is -0.397. The van der Waals surface area contributed by atoms with E-state index in [-0.39, 0.29) is 18.3 Å². The van der Waals surface area contributed by atoms with Crippen LogP contribution >= 0.6 is 0 Å². The summed E-state index contributed by atoms with van der Waals surface area (Å²) >= 11 is 0. The van der Waals surface area contributed by atoms with Crippen LogP contribution < -0.4 is 9.47 Å². The normalized spacial score (nSPS) is 11.6. The van der Waals surface area contributed by atoms with E-state index in [4.69, 9.17) is 9.47 Å². The van der Waals surface area contributed by atoms with Crippen LogP contribution in [0.3, 0.4) is 0 Å². The highest BCUT2D eigenvalue weighted by molar-refractivity contribution is 5.42. The van der Waals surface area contributed by atoms with Crippen LogP contribution in [0.1, 0.15) is 30.4 Å². The third-order valence-electron chi connectivity index (χ3n) is 3.73. The zero-order valence-electron chi connectivity index (χ0n) is 13.4. The molecule has 2 aromatic carbocycles. The molecule has 0 heterocycles. The predicted molar refractivity (Wildman–Crippen MR) is 87.2 cm³/mol. The Balaban J connectivity index is 2.08. The maximum atomic E-state index is 13.5. The standard InChI is InChI=1S/C19H20FNO2/c1-3-14-8-9-18(22-2)16(12-14)15(13-21)10-11-23-19-7-5-4-6-17(19)20/h4-9,12,15H,3,10-11H2,1-2H3. The SMILES string of the molecule is CCc1ccc(OC)c(C(C#N)CCOc2ccccc2F)c1. The first-order valence-electron chi connectivity index (χ1n) is 7.63. The molecule has 2 aromatic rings. The molecule has 1 atom stereocenters. The number of nitrogens with zero attached hydrogens (tertiary/aromatic N) is 1. The molecule has 0 radical (unpaired) electrons. The van der Waals surface area contributed by atoms with E-state index < -0.39 is 5.82 Å². The van der Waals surface area contributed by atoms with Crippen LogP contribution in [0.25, 0.3) is 0 Å². The van der Waals surface area contributed by atoms with Crippen molar-refractivity contribution in [2.75, 3.05) is 13.7 Å². The fourth-order valence-corrected chi connectivity index (χ4v) is 2.41. The molecule has 0 amide bonds. The minimum Gasteiger partial charge on any atom is -0.496 e. The minimum absolute atomic E-state index is 0.207. The Kier molecular flexibility index (Phi) is 5.99. The van der Waals surface area contributed by atoms with E-state index >= 15 is 0 Å². The summed E-state index contributed by atoms with van der Waals surface area (Å²) < 4.78 is 24.3. The average Bonchev–Trinajstić information content (AvgIpc) is 2.59. The number of para-hydroxylation sites is 1. The lowest BCUT2D eigenvalue weighted by molar-refractivity contribution is 0.290. The van der Waals surface area contributed by atoms with Gasteiger partial charge >= 0.3 is 0 Å². The number of ether oxygens (including phenoxy) is 2. The summed E-state index contributed by atoms with van der Waals surface area (Å²) in [5.41, 5.74) is 2.00. The summed E-state index contributed by atoms with van der Waals surface area (Å²) in [6, 6.07) is 14.4. The van der Waals surface area contributed by atoms with E-state index in [1.807, 2.05) is 18.2 Å². The lowest BCUT2D eigenvalue weighted by atomic mass is 9.94. The van der Waals surface area contributed by atoms with Crippen molar-refractivity contribution >= 4 is 0 Å². The van der Waals surface area contributed by atoms with E-state index in [2.05, 4.69) is 13.0 Å². The van der Waals surface area contributed by atoms with E-state index in [0.717, 1.165) is 17.5 Å². The molecule has 1 unspecified atom stereocenters. The van der Waals surface area contributed by atoms with E-state index in [9.17, 15) is 9.65 Å². The first-order valence-corrected chi connectivity index (χ1v) is 7.63. The Morgan fingerprint density at radius 3 is 2.61 bits per heavy atom. The molecule has 0 spiro atoms. The number of aryl methyl sites for hydroxylation is 1. The molecule has 2 rings (SSSR count). The van der Waals surface area contributed by atoms with E-state index in [0.29, 0.717) is 12.2 Å². The van der Waals surface area contributed by atoms with Gasteiger partial charge in [-0.1, -0.05) is 31.2 Å². The molecule has 23 heavy (non-hydrogen) atoms. The lowest BCUT2D eigenvalue weighted by Crippen LogP contribution is -2.07. The topological polar surface area (TPSA) is 42.2 Å². The van der Waals surface area contributed by atoms with Gasteiger partial charge in [-0.3, -0.25) is 0 Å². The molecular formula is C19H20FNO2. The third-order valence-corrected chi connectivity index (χ3v) is 3.73. The van der Waals surface area contributed by atoms with Crippen molar-refractivity contribution in [2.45, 2.75) is 25.7 Å². The van der Waals surface area contributed by atoms with Crippen LogP contribution in [0.5, 0.6) is 11.5 Å². The van der Waals surface area contributed by atoms with Crippen molar-refractivity contribution < 1.29 is 13.9 Å². The number of rotatable bonds is 7. The summed E-state index contributed by atoms with van der Waals surface area (Å²) in [6.45, 7) is 2.33. The van der Waals surface area contributed by atoms with Gasteiger partial charge in [0.15, 0.2) is 11.6 Å². The molecule has 0 aromatic heterocycles. The summed E-state index contributed by atoms with van der Waals surface area (Å²) in [5.74, 6) is 0.146. The number of hydrogen-bond donors (Lipinski definition) is 0. The molecule has 0 saturated heterocycles. The van der Waals surface area contributed by atoms with Crippen molar-refractivity contribution in [2.24, 2.45) is 0 Å². The largest absolute Gasteiger partial charge is 0.496 e. The second kappa shape index (κ2) is 8.19. The van der Waals surface area contributed by atoms with Crippen LogP contribution in [0.15, 0.2) is 42.5 Å². The highest BCUT2D eigenvalue weighted by atomic mass is 19.1.